The van der Waals surface area contributed by atoms with Crippen molar-refractivity contribution in [2.75, 3.05) is 0 Å². The summed E-state index contributed by atoms with van der Waals surface area (Å²) in [6, 6.07) is 18.0. The Kier molecular flexibility index (Phi) is 4.83. The Labute approximate surface area is 170 Å². The first-order chi connectivity index (χ1) is 12.2. The van der Waals surface area contributed by atoms with E-state index < -0.39 is 19.2 Å². The molecule has 0 radical (unpaired) electrons. The third-order valence-corrected chi connectivity index (χ3v) is 81.4. The van der Waals surface area contributed by atoms with Gasteiger partial charge in [0.2, 0.25) is 0 Å². The van der Waals surface area contributed by atoms with Crippen LogP contribution in [0.1, 0.15) is 43.4 Å². The Balaban J connectivity index is 1.99. The predicted octanol–water partition coefficient (Wildman–Crippen LogP) is 7.60. The molecule has 0 heterocycles. The molecule has 0 aliphatic heterocycles. The Bertz CT molecular complexity index is 887. The van der Waals surface area contributed by atoms with Gasteiger partial charge in [-0.25, -0.2) is 0 Å². The molecule has 0 nitrogen and oxygen atoms in total. The Morgan fingerprint density at radius 3 is 1.50 bits per heavy atom. The zero-order chi connectivity index (χ0) is 18.7. The van der Waals surface area contributed by atoms with Crippen LogP contribution < -0.4 is 0 Å². The molecule has 0 fully saturated rings. The Morgan fingerprint density at radius 2 is 1.12 bits per heavy atom. The van der Waals surface area contributed by atoms with Crippen molar-refractivity contribution in [2.24, 2.45) is 0 Å². The van der Waals surface area contributed by atoms with Gasteiger partial charge in [-0.05, 0) is 0 Å². The van der Waals surface area contributed by atoms with E-state index in [1.807, 2.05) is 0 Å². The average molecular weight is 569 g/mol. The van der Waals surface area contributed by atoms with Gasteiger partial charge in [0.25, 0.3) is 0 Å². The average Bonchev–Trinajstić information content (AvgIpc) is 3.10. The summed E-state index contributed by atoms with van der Waals surface area (Å²) in [7, 11) is 0. The molecular formula is C22H25Br2SiZr. The number of fused-ring (bicyclic) bond motifs is 2. The number of hydrogen-bond donors (Lipinski definition) is 0. The quantitative estimate of drug-likeness (QED) is 0.335. The number of rotatable bonds is 3. The molecule has 0 spiro atoms. The number of halogens is 2. The van der Waals surface area contributed by atoms with Crippen molar-refractivity contribution in [2.45, 2.75) is 34.2 Å². The van der Waals surface area contributed by atoms with Gasteiger partial charge in [0.1, 0.15) is 0 Å². The summed E-state index contributed by atoms with van der Waals surface area (Å²) in [5, 5.41) is 0. The second-order valence-electron chi connectivity index (χ2n) is 8.28. The van der Waals surface area contributed by atoms with Crippen molar-refractivity contribution in [3.63, 3.8) is 0 Å². The number of benzene rings is 2. The molecule has 2 aromatic carbocycles. The van der Waals surface area contributed by atoms with Gasteiger partial charge in [-0.2, -0.15) is 0 Å². The monoisotopic (exact) mass is 565 g/mol. The molecule has 0 aromatic heterocycles. The van der Waals surface area contributed by atoms with Crippen LogP contribution in [0.4, 0.5) is 0 Å². The summed E-state index contributed by atoms with van der Waals surface area (Å²) >= 11 is 5.65. The summed E-state index contributed by atoms with van der Waals surface area (Å²) in [6.45, 7) is 9.79. The molecule has 0 amide bonds. The molecule has 0 saturated heterocycles. The summed E-state index contributed by atoms with van der Waals surface area (Å²) < 4.78 is 1.05. The molecule has 0 bridgehead atoms. The molecule has 2 atom stereocenters. The van der Waals surface area contributed by atoms with Gasteiger partial charge in [-0.15, -0.1) is 0 Å². The van der Waals surface area contributed by atoms with E-state index in [4.69, 9.17) is 0 Å². The van der Waals surface area contributed by atoms with E-state index in [1.165, 1.54) is 33.4 Å². The van der Waals surface area contributed by atoms with Crippen molar-refractivity contribution >= 4 is 42.5 Å². The van der Waals surface area contributed by atoms with E-state index in [0.717, 1.165) is 0 Å². The van der Waals surface area contributed by atoms with Gasteiger partial charge in [-0.1, -0.05) is 0 Å². The van der Waals surface area contributed by atoms with Gasteiger partial charge in [-0.3, -0.25) is 0 Å². The van der Waals surface area contributed by atoms with Crippen LogP contribution in [-0.2, 0) is 13.2 Å². The second kappa shape index (κ2) is 6.51. The van der Waals surface area contributed by atoms with E-state index in [0.29, 0.717) is 7.25 Å². The van der Waals surface area contributed by atoms with Crippen molar-refractivity contribution in [3.8, 4) is 0 Å². The van der Waals surface area contributed by atoms with Crippen molar-refractivity contribution in [1.29, 1.82) is 0 Å². The van der Waals surface area contributed by atoms with Crippen LogP contribution >= 0.6 is 24.4 Å². The normalized spacial score (nSPS) is 23.1. The van der Waals surface area contributed by atoms with Crippen molar-refractivity contribution < 1.29 is 13.2 Å². The summed E-state index contributed by atoms with van der Waals surface area (Å²) in [6.07, 6.45) is 4.85. The summed E-state index contributed by atoms with van der Waals surface area (Å²) in [5.41, 5.74) is 8.95. The van der Waals surface area contributed by atoms with E-state index >= 15 is 0 Å². The standard InChI is InChI=1S/2C10H9.C2H7Si.2BrH.Zr/c2*1-8-6-9-4-2-3-5-10(9)7-8;1-3-2;;;/h2*2-7H,1H3;3H,1-2H3;2*1H;/q;;;;;+2/p-2. The fraction of sp³-hybridized carbons (Fsp3) is 0.273. The molecular weight excluding hydrogens is 543 g/mol. The minimum absolute atomic E-state index is 0.527. The Hall–Kier alpha value is -0.0200. The number of allylic oxidation sites excluding steroid dienone is 2. The van der Waals surface area contributed by atoms with Gasteiger partial charge < -0.3 is 0 Å². The molecule has 135 valence electrons. The summed E-state index contributed by atoms with van der Waals surface area (Å²) in [5.74, 6) is -1.05. The molecule has 0 N–H and O–H groups in total. The van der Waals surface area contributed by atoms with Crippen LogP contribution in [-0.4, -0.2) is 5.92 Å². The van der Waals surface area contributed by atoms with Gasteiger partial charge in [0.15, 0.2) is 0 Å². The van der Waals surface area contributed by atoms with Gasteiger partial charge in [0.05, 0.1) is 0 Å². The zero-order valence-electron chi connectivity index (χ0n) is 15.8. The maximum absolute atomic E-state index is 4.63. The molecule has 0 saturated carbocycles. The second-order valence-corrected chi connectivity index (χ2v) is 72.6. The molecule has 4 heteroatoms. The van der Waals surface area contributed by atoms with Crippen LogP contribution in [0.3, 0.4) is 0 Å². The fourth-order valence-corrected chi connectivity index (χ4v) is 45.8. The maximum atomic E-state index is 4.63. The Morgan fingerprint density at radius 1 is 0.731 bits per heavy atom. The topological polar surface area (TPSA) is 0 Å². The first kappa shape index (κ1) is 19.3. The molecule has 4 rings (SSSR count). The van der Waals surface area contributed by atoms with Gasteiger partial charge >= 0.3 is 172 Å². The summed E-state index contributed by atoms with van der Waals surface area (Å²) in [4.78, 5) is 0. The third kappa shape index (κ3) is 2.59. The van der Waals surface area contributed by atoms with Crippen LogP contribution in [0, 0.1) is 0 Å². The van der Waals surface area contributed by atoms with E-state index in [1.54, 1.807) is 0 Å². The molecule has 2 unspecified atom stereocenters. The van der Waals surface area contributed by atoms with Crippen molar-refractivity contribution in [1.82, 2.24) is 0 Å². The van der Waals surface area contributed by atoms with Crippen LogP contribution in [0.15, 0.2) is 59.7 Å². The minimum atomic E-state index is -3.62. The van der Waals surface area contributed by atoms with E-state index in [9.17, 15) is 0 Å². The SMILES string of the molecule is CC1=Cc2ccccc2[CH]1[Zr]([Br])([Br])([CH]1C(C)=Cc2ccccc21)[SiH](C)C. The van der Waals surface area contributed by atoms with Crippen LogP contribution in [0.2, 0.25) is 13.1 Å². The molecule has 26 heavy (non-hydrogen) atoms. The fourth-order valence-electron chi connectivity index (χ4n) is 5.26. The molecule has 2 aromatic rings. The van der Waals surface area contributed by atoms with Crippen LogP contribution in [0.25, 0.3) is 12.2 Å². The first-order valence-electron chi connectivity index (χ1n) is 9.36. The zero-order valence-corrected chi connectivity index (χ0v) is 22.5. The number of hydrogen-bond acceptors (Lipinski definition) is 0. The predicted molar refractivity (Wildman–Crippen MR) is 122 cm³/mol. The van der Waals surface area contributed by atoms with E-state index in [2.05, 4.69) is 112 Å². The van der Waals surface area contributed by atoms with E-state index in [-0.39, 0.29) is 0 Å². The van der Waals surface area contributed by atoms with Gasteiger partial charge in [0, 0.05) is 0 Å². The third-order valence-electron chi connectivity index (χ3n) is 6.50. The van der Waals surface area contributed by atoms with Crippen molar-refractivity contribution in [3.05, 3.63) is 81.9 Å². The van der Waals surface area contributed by atoms with Crippen LogP contribution in [0.5, 0.6) is 0 Å². The molecule has 2 aliphatic carbocycles. The first-order valence-corrected chi connectivity index (χ1v) is 30.6. The molecule has 2 aliphatic rings.